The van der Waals surface area contributed by atoms with Crippen molar-refractivity contribution in [3.05, 3.63) is 75.8 Å². The highest BCUT2D eigenvalue weighted by Gasteiger charge is 2.14. The van der Waals surface area contributed by atoms with Crippen LogP contribution in [-0.4, -0.2) is 23.2 Å². The number of benzene rings is 2. The molecule has 5 heteroatoms. The van der Waals surface area contributed by atoms with Crippen molar-refractivity contribution in [1.82, 2.24) is 5.32 Å². The van der Waals surface area contributed by atoms with Crippen molar-refractivity contribution in [2.75, 3.05) is 13.2 Å². The molecule has 2 aromatic carbocycles. The molecule has 5 nitrogen and oxygen atoms in total. The van der Waals surface area contributed by atoms with Gasteiger partial charge in [0, 0.05) is 31.3 Å². The lowest BCUT2D eigenvalue weighted by molar-refractivity contribution is -0.385. The fraction of sp³-hybridized carbons (Fsp3) is 0.294. The quantitative estimate of drug-likeness (QED) is 0.580. The molecule has 0 aliphatic rings. The molecule has 0 heterocycles. The molecule has 0 spiro atoms. The fourth-order valence-corrected chi connectivity index (χ4v) is 2.49. The number of nitro groups is 1. The molecular weight excluding hydrogens is 280 g/mol. The number of nitrogens with zero attached hydrogens (tertiary/aromatic N) is 1. The Morgan fingerprint density at radius 2 is 1.77 bits per heavy atom. The Balaban J connectivity index is 1.98. The van der Waals surface area contributed by atoms with Gasteiger partial charge in [-0.1, -0.05) is 48.5 Å². The summed E-state index contributed by atoms with van der Waals surface area (Å²) in [7, 11) is 0. The molecule has 1 unspecified atom stereocenters. The zero-order chi connectivity index (χ0) is 15.8. The van der Waals surface area contributed by atoms with Gasteiger partial charge in [0.2, 0.25) is 0 Å². The molecule has 116 valence electrons. The predicted octanol–water partition coefficient (Wildman–Crippen LogP) is 2.85. The fourth-order valence-electron chi connectivity index (χ4n) is 2.49. The summed E-state index contributed by atoms with van der Waals surface area (Å²) in [6.07, 6.45) is 0.661. The van der Waals surface area contributed by atoms with E-state index in [-0.39, 0.29) is 23.1 Å². The van der Waals surface area contributed by atoms with Gasteiger partial charge in [0.15, 0.2) is 0 Å². The topological polar surface area (TPSA) is 75.4 Å². The van der Waals surface area contributed by atoms with E-state index >= 15 is 0 Å². The van der Waals surface area contributed by atoms with Gasteiger partial charge in [0.05, 0.1) is 4.92 Å². The minimum Gasteiger partial charge on any atom is -0.396 e. The lowest BCUT2D eigenvalue weighted by Crippen LogP contribution is -2.22. The second-order valence-corrected chi connectivity index (χ2v) is 5.14. The Morgan fingerprint density at radius 3 is 2.45 bits per heavy atom. The third-order valence-corrected chi connectivity index (χ3v) is 3.64. The van der Waals surface area contributed by atoms with Crippen LogP contribution in [-0.2, 0) is 6.54 Å². The Labute approximate surface area is 129 Å². The average Bonchev–Trinajstić information content (AvgIpc) is 2.55. The lowest BCUT2D eigenvalue weighted by atomic mass is 9.96. The Bertz CT molecular complexity index is 602. The third kappa shape index (κ3) is 4.38. The first-order chi connectivity index (χ1) is 10.7. The Hall–Kier alpha value is -2.24. The second-order valence-electron chi connectivity index (χ2n) is 5.14. The first-order valence-corrected chi connectivity index (χ1v) is 7.31. The number of para-hydroxylation sites is 1. The smallest absolute Gasteiger partial charge is 0.273 e. The summed E-state index contributed by atoms with van der Waals surface area (Å²) in [5, 5.41) is 23.5. The summed E-state index contributed by atoms with van der Waals surface area (Å²) in [4.78, 5) is 10.6. The Kier molecular flexibility index (Phi) is 6.06. The highest BCUT2D eigenvalue weighted by Crippen LogP contribution is 2.20. The van der Waals surface area contributed by atoms with E-state index in [0.29, 0.717) is 25.1 Å². The van der Waals surface area contributed by atoms with E-state index < -0.39 is 0 Å². The number of hydrogen-bond donors (Lipinski definition) is 2. The van der Waals surface area contributed by atoms with Crippen LogP contribution in [0.15, 0.2) is 54.6 Å². The monoisotopic (exact) mass is 300 g/mol. The van der Waals surface area contributed by atoms with E-state index in [2.05, 4.69) is 5.32 Å². The standard InChI is InChI=1S/C17H20N2O3/c20-11-10-15(14-6-2-1-3-7-14)12-18-13-16-8-4-5-9-17(16)19(21)22/h1-9,15,18,20H,10-13H2. The number of rotatable bonds is 8. The van der Waals surface area contributed by atoms with Crippen LogP contribution in [0.2, 0.25) is 0 Å². The van der Waals surface area contributed by atoms with Crippen LogP contribution in [0.3, 0.4) is 0 Å². The third-order valence-electron chi connectivity index (χ3n) is 3.64. The van der Waals surface area contributed by atoms with Crippen LogP contribution < -0.4 is 5.32 Å². The van der Waals surface area contributed by atoms with Crippen LogP contribution in [0.25, 0.3) is 0 Å². The molecule has 0 bridgehead atoms. The minimum atomic E-state index is -0.362. The highest BCUT2D eigenvalue weighted by molar-refractivity contribution is 5.39. The van der Waals surface area contributed by atoms with Crippen molar-refractivity contribution in [3.8, 4) is 0 Å². The lowest BCUT2D eigenvalue weighted by Gasteiger charge is -2.17. The zero-order valence-corrected chi connectivity index (χ0v) is 12.3. The minimum absolute atomic E-state index is 0.118. The second kappa shape index (κ2) is 8.26. The van der Waals surface area contributed by atoms with Gasteiger partial charge in [-0.15, -0.1) is 0 Å². The molecule has 0 aliphatic carbocycles. The molecule has 0 radical (unpaired) electrons. The van der Waals surface area contributed by atoms with Gasteiger partial charge in [0.1, 0.15) is 0 Å². The van der Waals surface area contributed by atoms with E-state index in [4.69, 9.17) is 0 Å². The molecular formula is C17H20N2O3. The number of nitro benzene ring substituents is 1. The Morgan fingerprint density at radius 1 is 1.09 bits per heavy atom. The maximum absolute atomic E-state index is 11.0. The first-order valence-electron chi connectivity index (χ1n) is 7.31. The van der Waals surface area contributed by atoms with Crippen LogP contribution in [0.1, 0.15) is 23.5 Å². The van der Waals surface area contributed by atoms with Crippen LogP contribution in [0, 0.1) is 10.1 Å². The van der Waals surface area contributed by atoms with E-state index in [1.807, 2.05) is 30.3 Å². The summed E-state index contributed by atoms with van der Waals surface area (Å²) in [5.41, 5.74) is 1.96. The van der Waals surface area contributed by atoms with Crippen molar-refractivity contribution < 1.29 is 10.0 Å². The maximum atomic E-state index is 11.0. The molecule has 0 fully saturated rings. The average molecular weight is 300 g/mol. The van der Waals surface area contributed by atoms with Crippen LogP contribution >= 0.6 is 0 Å². The van der Waals surface area contributed by atoms with Crippen molar-refractivity contribution in [1.29, 1.82) is 0 Å². The van der Waals surface area contributed by atoms with E-state index in [9.17, 15) is 15.2 Å². The molecule has 22 heavy (non-hydrogen) atoms. The molecule has 1 atom stereocenters. The van der Waals surface area contributed by atoms with Gasteiger partial charge < -0.3 is 10.4 Å². The van der Waals surface area contributed by atoms with Crippen molar-refractivity contribution >= 4 is 5.69 Å². The summed E-state index contributed by atoms with van der Waals surface area (Å²) in [6, 6.07) is 16.7. The van der Waals surface area contributed by atoms with Crippen molar-refractivity contribution in [2.24, 2.45) is 0 Å². The van der Waals surface area contributed by atoms with E-state index in [1.165, 1.54) is 6.07 Å². The molecule has 0 amide bonds. The number of nitrogens with one attached hydrogen (secondary N) is 1. The first kappa shape index (κ1) is 16.1. The van der Waals surface area contributed by atoms with Gasteiger partial charge in [-0.05, 0) is 17.9 Å². The van der Waals surface area contributed by atoms with E-state index in [0.717, 1.165) is 5.56 Å². The zero-order valence-electron chi connectivity index (χ0n) is 12.3. The predicted molar refractivity (Wildman–Crippen MR) is 85.7 cm³/mol. The molecule has 2 aromatic rings. The molecule has 0 aromatic heterocycles. The summed E-state index contributed by atoms with van der Waals surface area (Å²) in [5.74, 6) is 0.189. The normalized spacial score (nSPS) is 12.0. The molecule has 2 rings (SSSR count). The summed E-state index contributed by atoms with van der Waals surface area (Å²) < 4.78 is 0. The summed E-state index contributed by atoms with van der Waals surface area (Å²) in [6.45, 7) is 1.22. The van der Waals surface area contributed by atoms with E-state index in [1.54, 1.807) is 18.2 Å². The molecule has 0 aliphatic heterocycles. The van der Waals surface area contributed by atoms with Crippen LogP contribution in [0.4, 0.5) is 5.69 Å². The SMILES string of the molecule is O=[N+]([O-])c1ccccc1CNCC(CCO)c1ccccc1. The summed E-state index contributed by atoms with van der Waals surface area (Å²) >= 11 is 0. The number of aliphatic hydroxyl groups is 1. The number of aliphatic hydroxyl groups excluding tert-OH is 1. The maximum Gasteiger partial charge on any atom is 0.273 e. The van der Waals surface area contributed by atoms with Gasteiger partial charge in [-0.3, -0.25) is 10.1 Å². The van der Waals surface area contributed by atoms with Crippen LogP contribution in [0.5, 0.6) is 0 Å². The van der Waals surface area contributed by atoms with Gasteiger partial charge >= 0.3 is 0 Å². The largest absolute Gasteiger partial charge is 0.396 e. The van der Waals surface area contributed by atoms with Gasteiger partial charge in [-0.25, -0.2) is 0 Å². The van der Waals surface area contributed by atoms with Gasteiger partial charge in [0.25, 0.3) is 5.69 Å². The molecule has 2 N–H and O–H groups in total. The molecule has 0 saturated heterocycles. The van der Waals surface area contributed by atoms with Crippen molar-refractivity contribution in [2.45, 2.75) is 18.9 Å². The van der Waals surface area contributed by atoms with Gasteiger partial charge in [-0.2, -0.15) is 0 Å². The highest BCUT2D eigenvalue weighted by atomic mass is 16.6. The molecule has 0 saturated carbocycles. The number of hydrogen-bond acceptors (Lipinski definition) is 4. The van der Waals surface area contributed by atoms with Crippen molar-refractivity contribution in [3.63, 3.8) is 0 Å².